The van der Waals surface area contributed by atoms with Crippen LogP contribution >= 0.6 is 33.2 Å². The number of carboxylic acid groups (broad SMARTS) is 2. The summed E-state index contributed by atoms with van der Waals surface area (Å²) in [5.41, 5.74) is 19.8. The summed E-state index contributed by atoms with van der Waals surface area (Å²) in [6.07, 6.45) is -1.28. The maximum Gasteiger partial charge on any atom is 0.300 e. The number of phenols is 2. The summed E-state index contributed by atoms with van der Waals surface area (Å²) in [6.45, 7) is 3.91. The summed E-state index contributed by atoms with van der Waals surface area (Å²) in [7, 11) is 3.64. The Morgan fingerprint density at radius 1 is 0.625 bits per heavy atom. The lowest BCUT2D eigenvalue weighted by molar-refractivity contribution is -0.136. The predicted octanol–water partition coefficient (Wildman–Crippen LogP) is -0.326. The van der Waals surface area contributed by atoms with Crippen molar-refractivity contribution in [1.29, 1.82) is 0 Å². The molecular formula is C58H76ClN11O16S2. The highest BCUT2D eigenvalue weighted by Crippen LogP contribution is 2.24. The van der Waals surface area contributed by atoms with Gasteiger partial charge in [0, 0.05) is 55.2 Å². The molecule has 1 fully saturated rings. The first-order valence-electron chi connectivity index (χ1n) is 27.4. The van der Waals surface area contributed by atoms with Crippen molar-refractivity contribution in [3.05, 3.63) is 130 Å². The summed E-state index contributed by atoms with van der Waals surface area (Å²) < 4.78 is 0. The number of benzene rings is 4. The fourth-order valence-electron chi connectivity index (χ4n) is 8.19. The van der Waals surface area contributed by atoms with Crippen LogP contribution in [0.25, 0.3) is 0 Å². The summed E-state index contributed by atoms with van der Waals surface area (Å²) in [5, 5.41) is 67.7. The SMILES string of the molecule is CC(=O)O.CC(=O)O.CNCCCC[C@@H]1NC(=O)[C@@H](Cc2ccc(C(N)=O)cc2)NC(=O)[C@H](Cc2ccc(O)cc2)NC(=O)[C@H](NC(=O)[C@@H](N)Cc2ccc(Cl)cc2)CSSC[C@@H](C(=O)N[C@H](Cc2ccc(O)cc2)C(N)=O)NC(=O)[C@H]([C@@H](C)O)NC1=O. The lowest BCUT2D eigenvalue weighted by Crippen LogP contribution is -2.62. The molecule has 9 amide bonds. The highest BCUT2D eigenvalue weighted by atomic mass is 35.5. The van der Waals surface area contributed by atoms with Crippen LogP contribution in [0.3, 0.4) is 0 Å². The van der Waals surface area contributed by atoms with Gasteiger partial charge in [-0.1, -0.05) is 81.7 Å². The second-order valence-corrected chi connectivity index (χ2v) is 23.1. The van der Waals surface area contributed by atoms with E-state index in [1.165, 1.54) is 79.7 Å². The second-order valence-electron chi connectivity index (χ2n) is 20.1. The van der Waals surface area contributed by atoms with E-state index in [1.54, 1.807) is 31.3 Å². The number of aromatic hydroxyl groups is 2. The molecule has 1 heterocycles. The Bertz CT molecular complexity index is 2980. The zero-order valence-electron chi connectivity index (χ0n) is 48.7. The molecule has 478 valence electrons. The van der Waals surface area contributed by atoms with Crippen LogP contribution in [0.5, 0.6) is 11.5 Å². The van der Waals surface area contributed by atoms with Gasteiger partial charge < -0.3 is 85.3 Å². The van der Waals surface area contributed by atoms with E-state index in [4.69, 9.17) is 48.6 Å². The van der Waals surface area contributed by atoms with Gasteiger partial charge in [-0.05, 0) is 117 Å². The van der Waals surface area contributed by atoms with E-state index in [-0.39, 0.29) is 60.7 Å². The van der Waals surface area contributed by atoms with Gasteiger partial charge in [-0.2, -0.15) is 0 Å². The Morgan fingerprint density at radius 3 is 1.58 bits per heavy atom. The molecule has 0 spiro atoms. The molecular weight excluding hydrogens is 1210 g/mol. The molecule has 30 heteroatoms. The molecule has 1 aliphatic heterocycles. The Kier molecular flexibility index (Phi) is 31.8. The average molecular weight is 1280 g/mol. The van der Waals surface area contributed by atoms with Crippen molar-refractivity contribution in [2.45, 2.75) is 120 Å². The van der Waals surface area contributed by atoms with Crippen LogP contribution < -0.4 is 59.7 Å². The van der Waals surface area contributed by atoms with Crippen molar-refractivity contribution in [2.24, 2.45) is 17.2 Å². The van der Waals surface area contributed by atoms with E-state index >= 15 is 0 Å². The zero-order chi connectivity index (χ0) is 65.6. The van der Waals surface area contributed by atoms with Gasteiger partial charge in [-0.15, -0.1) is 0 Å². The molecule has 0 aromatic heterocycles. The molecule has 0 radical (unpaired) electrons. The maximum atomic E-state index is 14.8. The van der Waals surface area contributed by atoms with E-state index in [2.05, 4.69) is 42.5 Å². The molecule has 4 aromatic rings. The zero-order valence-corrected chi connectivity index (χ0v) is 51.0. The van der Waals surface area contributed by atoms with Crippen LogP contribution in [-0.4, -0.2) is 170 Å². The van der Waals surface area contributed by atoms with Crippen molar-refractivity contribution < 1.29 is 78.3 Å². The van der Waals surface area contributed by atoms with Gasteiger partial charge in [-0.3, -0.25) is 52.7 Å². The summed E-state index contributed by atoms with van der Waals surface area (Å²) >= 11 is 6.07. The molecule has 9 atom stereocenters. The van der Waals surface area contributed by atoms with Crippen LogP contribution in [0.1, 0.15) is 72.6 Å². The summed E-state index contributed by atoms with van der Waals surface area (Å²) in [6, 6.07) is 12.4. The number of carboxylic acids is 2. The van der Waals surface area contributed by atoms with Crippen LogP contribution in [0.15, 0.2) is 97.1 Å². The van der Waals surface area contributed by atoms with Gasteiger partial charge in [0.25, 0.3) is 11.9 Å². The fourth-order valence-corrected chi connectivity index (χ4v) is 10.6. The molecule has 0 bridgehead atoms. The molecule has 27 nitrogen and oxygen atoms in total. The molecule has 5 rings (SSSR count). The first-order chi connectivity index (χ1) is 41.6. The first kappa shape index (κ1) is 73.8. The minimum atomic E-state index is -1.75. The number of aliphatic carboxylic acids is 2. The highest BCUT2D eigenvalue weighted by Gasteiger charge is 2.36. The normalized spacial score (nSPS) is 19.6. The number of nitrogens with one attached hydrogen (secondary N) is 8. The number of carbonyl (C=O) groups excluding carboxylic acids is 9. The largest absolute Gasteiger partial charge is 0.508 e. The third-order valence-corrected chi connectivity index (χ3v) is 15.4. The highest BCUT2D eigenvalue weighted by molar-refractivity contribution is 8.76. The monoisotopic (exact) mass is 1280 g/mol. The Balaban J connectivity index is 0.00000238. The second kappa shape index (κ2) is 37.9. The molecule has 0 saturated carbocycles. The predicted molar refractivity (Wildman–Crippen MR) is 329 cm³/mol. The number of nitrogens with two attached hydrogens (primary N) is 3. The smallest absolute Gasteiger partial charge is 0.300 e. The number of phenolic OH excluding ortho intramolecular Hbond substituents is 2. The van der Waals surface area contributed by atoms with Crippen LogP contribution in [0, 0.1) is 0 Å². The fraction of sp³-hybridized carbons (Fsp3) is 0.397. The number of rotatable bonds is 20. The van der Waals surface area contributed by atoms with E-state index < -0.39 is 120 Å². The molecule has 4 aromatic carbocycles. The van der Waals surface area contributed by atoms with Crippen molar-refractivity contribution in [3.8, 4) is 11.5 Å². The van der Waals surface area contributed by atoms with E-state index in [0.717, 1.165) is 35.4 Å². The quantitative estimate of drug-likeness (QED) is 0.0398. The third kappa shape index (κ3) is 27.5. The van der Waals surface area contributed by atoms with Crippen molar-refractivity contribution >= 4 is 98.3 Å². The van der Waals surface area contributed by atoms with Gasteiger partial charge in [-0.25, -0.2) is 0 Å². The van der Waals surface area contributed by atoms with Crippen LogP contribution in [0.2, 0.25) is 5.02 Å². The molecule has 0 aliphatic carbocycles. The minimum absolute atomic E-state index is 0.00813. The Labute approximate surface area is 520 Å². The van der Waals surface area contributed by atoms with Crippen LogP contribution in [-0.2, 0) is 73.6 Å². The van der Waals surface area contributed by atoms with Gasteiger partial charge in [0.1, 0.15) is 53.8 Å². The van der Waals surface area contributed by atoms with Gasteiger partial charge in [0.2, 0.25) is 53.2 Å². The van der Waals surface area contributed by atoms with E-state index in [9.17, 15) is 58.5 Å². The third-order valence-electron chi connectivity index (χ3n) is 12.7. The number of halogens is 1. The molecule has 1 saturated heterocycles. The molecule has 0 unspecified atom stereocenters. The molecule has 88 heavy (non-hydrogen) atoms. The first-order valence-corrected chi connectivity index (χ1v) is 30.3. The number of hydrogen-bond donors (Lipinski definition) is 16. The Morgan fingerprint density at radius 2 is 1.08 bits per heavy atom. The minimum Gasteiger partial charge on any atom is -0.508 e. The van der Waals surface area contributed by atoms with Crippen LogP contribution in [0.4, 0.5) is 0 Å². The summed E-state index contributed by atoms with van der Waals surface area (Å²) in [5.74, 6) is -10.3. The Hall–Kier alpha value is -8.48. The van der Waals surface area contributed by atoms with Gasteiger partial charge in [0.05, 0.1) is 12.1 Å². The topological polar surface area (TPSA) is 463 Å². The van der Waals surface area contributed by atoms with Crippen molar-refractivity contribution in [2.75, 3.05) is 25.1 Å². The summed E-state index contributed by atoms with van der Waals surface area (Å²) in [4.78, 5) is 144. The molecule has 1 aliphatic rings. The number of carbonyl (C=O) groups is 11. The van der Waals surface area contributed by atoms with Crippen molar-refractivity contribution in [1.82, 2.24) is 42.5 Å². The number of amides is 9. The average Bonchev–Trinajstić information content (AvgIpc) is 3.63. The van der Waals surface area contributed by atoms with Crippen molar-refractivity contribution in [3.63, 3.8) is 0 Å². The standard InChI is InChI=1S/C54H68ClN11O12S2.2C2H4O2/c1-29(67)45-54(78)65-44(52(76)61-40(47(58)71)24-32-10-18-36(68)19-11-32)28-80-79-27-43(64-48(72)38(56)23-30-8-16-35(55)17-9-30)53(77)63-42(26-33-12-20-37(69)21-13-33)51(75)62-41(25-31-6-14-34(15-7-31)46(57)70)50(74)60-39(49(73)66-45)5-3-4-22-59-2;2*1-2(3)4/h6-21,29,38-45,59,67-69H,3-5,22-28,56H2,1-2H3,(H2,57,70)(H2,58,71)(H,60,74)(H,61,76)(H,62,75)(H,63,77)(H,64,72)(H,65,78)(H,66,73);2*1H3,(H,3,4)/t29-,38+,39+,40-,41-,42+,43-,44+,45+;;/m1../s1. The van der Waals surface area contributed by atoms with E-state index in [1.807, 2.05) is 0 Å². The number of aliphatic hydroxyl groups excluding tert-OH is 1. The number of hydrogen-bond acceptors (Lipinski definition) is 18. The van der Waals surface area contributed by atoms with Gasteiger partial charge >= 0.3 is 0 Å². The number of primary amides is 2. The lowest BCUT2D eigenvalue weighted by atomic mass is 10.00. The molecule has 19 N–H and O–H groups in total. The van der Waals surface area contributed by atoms with E-state index in [0.29, 0.717) is 46.7 Å². The maximum absolute atomic E-state index is 14.8. The number of unbranched alkanes of at least 4 members (excludes halogenated alkanes) is 1. The number of aliphatic hydroxyl groups is 1. The lowest BCUT2D eigenvalue weighted by Gasteiger charge is -2.29. The van der Waals surface area contributed by atoms with Gasteiger partial charge in [0.15, 0.2) is 0 Å².